The summed E-state index contributed by atoms with van der Waals surface area (Å²) in [6.07, 6.45) is 2.43. The van der Waals surface area contributed by atoms with E-state index in [1.165, 1.54) is 12.8 Å². The fourth-order valence-electron chi connectivity index (χ4n) is 1.15. The van der Waals surface area contributed by atoms with Gasteiger partial charge in [0.2, 0.25) is 0 Å². The summed E-state index contributed by atoms with van der Waals surface area (Å²) in [6.45, 7) is 6.91. The molecular weight excluding hydrogens is 168 g/mol. The summed E-state index contributed by atoms with van der Waals surface area (Å²) in [7, 11) is 0. The van der Waals surface area contributed by atoms with Gasteiger partial charge in [-0.2, -0.15) is 0 Å². The molecule has 0 heterocycles. The van der Waals surface area contributed by atoms with Crippen molar-refractivity contribution in [2.75, 3.05) is 33.0 Å². The highest BCUT2D eigenvalue weighted by Gasteiger charge is 1.99. The minimum Gasteiger partial charge on any atom is -0.394 e. The van der Waals surface area contributed by atoms with Gasteiger partial charge in [-0.25, -0.2) is 0 Å². The lowest BCUT2D eigenvalue weighted by molar-refractivity contribution is 0.0229. The Morgan fingerprint density at radius 2 is 1.85 bits per heavy atom. The highest BCUT2D eigenvalue weighted by atomic mass is 16.5. The molecule has 0 unspecified atom stereocenters. The van der Waals surface area contributed by atoms with E-state index in [0.29, 0.717) is 25.7 Å². The molecule has 13 heavy (non-hydrogen) atoms. The summed E-state index contributed by atoms with van der Waals surface area (Å²) < 4.78 is 10.4. The van der Waals surface area contributed by atoms with Crippen LogP contribution in [-0.4, -0.2) is 38.1 Å². The van der Waals surface area contributed by atoms with Gasteiger partial charge in [0.15, 0.2) is 0 Å². The Labute approximate surface area is 81.0 Å². The number of hydrogen-bond donors (Lipinski definition) is 1. The van der Waals surface area contributed by atoms with Crippen LogP contribution in [0.3, 0.4) is 0 Å². The van der Waals surface area contributed by atoms with Gasteiger partial charge in [-0.15, -0.1) is 0 Å². The molecule has 3 nitrogen and oxygen atoms in total. The first-order chi connectivity index (χ1) is 6.31. The summed E-state index contributed by atoms with van der Waals surface area (Å²) in [5.41, 5.74) is 0. The van der Waals surface area contributed by atoms with Crippen molar-refractivity contribution in [3.63, 3.8) is 0 Å². The molecule has 1 N–H and O–H groups in total. The summed E-state index contributed by atoms with van der Waals surface area (Å²) in [4.78, 5) is 0. The molecule has 0 saturated carbocycles. The predicted octanol–water partition coefficient (Wildman–Crippen LogP) is 1.45. The van der Waals surface area contributed by atoms with Gasteiger partial charge in [0, 0.05) is 6.61 Å². The SMILES string of the molecule is CCC[C@@H](C)COCCOCCO. The van der Waals surface area contributed by atoms with Crippen molar-refractivity contribution in [1.29, 1.82) is 0 Å². The Hall–Kier alpha value is -0.120. The first-order valence-electron chi connectivity index (χ1n) is 5.07. The van der Waals surface area contributed by atoms with E-state index in [2.05, 4.69) is 13.8 Å². The zero-order valence-corrected chi connectivity index (χ0v) is 8.79. The maximum Gasteiger partial charge on any atom is 0.0701 e. The molecule has 0 aliphatic carbocycles. The third-order valence-corrected chi connectivity index (χ3v) is 1.79. The van der Waals surface area contributed by atoms with Crippen molar-refractivity contribution in [3.8, 4) is 0 Å². The topological polar surface area (TPSA) is 38.7 Å². The second-order valence-electron chi connectivity index (χ2n) is 3.30. The van der Waals surface area contributed by atoms with Gasteiger partial charge in [-0.05, 0) is 12.3 Å². The number of aliphatic hydroxyl groups excluding tert-OH is 1. The predicted molar refractivity (Wildman–Crippen MR) is 52.8 cm³/mol. The van der Waals surface area contributed by atoms with E-state index in [4.69, 9.17) is 14.6 Å². The van der Waals surface area contributed by atoms with Gasteiger partial charge in [0.05, 0.1) is 26.4 Å². The Balaban J connectivity index is 2.97. The molecule has 0 spiro atoms. The van der Waals surface area contributed by atoms with Gasteiger partial charge in [0.1, 0.15) is 0 Å². The highest BCUT2D eigenvalue weighted by molar-refractivity contribution is 4.48. The third kappa shape index (κ3) is 9.80. The van der Waals surface area contributed by atoms with Crippen LogP contribution in [0.1, 0.15) is 26.7 Å². The Kier molecular flexibility index (Phi) is 9.87. The van der Waals surface area contributed by atoms with Crippen molar-refractivity contribution in [1.82, 2.24) is 0 Å². The van der Waals surface area contributed by atoms with E-state index in [1.54, 1.807) is 0 Å². The van der Waals surface area contributed by atoms with Gasteiger partial charge in [-0.3, -0.25) is 0 Å². The summed E-state index contributed by atoms with van der Waals surface area (Å²) in [5.74, 6) is 0.642. The second kappa shape index (κ2) is 9.96. The van der Waals surface area contributed by atoms with Crippen molar-refractivity contribution in [2.24, 2.45) is 5.92 Å². The van der Waals surface area contributed by atoms with Crippen LogP contribution in [0.15, 0.2) is 0 Å². The minimum absolute atomic E-state index is 0.0895. The molecule has 0 aliphatic heterocycles. The normalized spacial score (nSPS) is 13.2. The lowest BCUT2D eigenvalue weighted by Crippen LogP contribution is -2.11. The number of hydrogen-bond acceptors (Lipinski definition) is 3. The quantitative estimate of drug-likeness (QED) is 0.559. The summed E-state index contributed by atoms with van der Waals surface area (Å²) in [6, 6.07) is 0. The number of aliphatic hydroxyl groups is 1. The standard InChI is InChI=1S/C10H22O3/c1-3-4-10(2)9-13-8-7-12-6-5-11/h10-11H,3-9H2,1-2H3/t10-/m1/s1. The average Bonchev–Trinajstić information content (AvgIpc) is 2.11. The molecule has 0 aromatic carbocycles. The minimum atomic E-state index is 0.0895. The molecule has 1 atom stereocenters. The van der Waals surface area contributed by atoms with Crippen molar-refractivity contribution >= 4 is 0 Å². The molecule has 0 saturated heterocycles. The van der Waals surface area contributed by atoms with Crippen LogP contribution in [0.4, 0.5) is 0 Å². The molecule has 0 radical (unpaired) electrons. The van der Waals surface area contributed by atoms with Gasteiger partial charge in [-0.1, -0.05) is 20.3 Å². The van der Waals surface area contributed by atoms with E-state index in [1.807, 2.05) is 0 Å². The molecule has 0 fully saturated rings. The Bertz CT molecular complexity index is 96.2. The van der Waals surface area contributed by atoms with Crippen LogP contribution in [0, 0.1) is 5.92 Å². The fourth-order valence-corrected chi connectivity index (χ4v) is 1.15. The van der Waals surface area contributed by atoms with Gasteiger partial charge in [0.25, 0.3) is 0 Å². The van der Waals surface area contributed by atoms with E-state index in [9.17, 15) is 0 Å². The van der Waals surface area contributed by atoms with Crippen LogP contribution in [0.5, 0.6) is 0 Å². The monoisotopic (exact) mass is 190 g/mol. The van der Waals surface area contributed by atoms with E-state index < -0.39 is 0 Å². The van der Waals surface area contributed by atoms with Crippen molar-refractivity contribution in [2.45, 2.75) is 26.7 Å². The van der Waals surface area contributed by atoms with E-state index >= 15 is 0 Å². The molecule has 3 heteroatoms. The Morgan fingerprint density at radius 1 is 1.15 bits per heavy atom. The molecule has 0 amide bonds. The lowest BCUT2D eigenvalue weighted by atomic mass is 10.1. The van der Waals surface area contributed by atoms with Crippen LogP contribution < -0.4 is 0 Å². The second-order valence-corrected chi connectivity index (χ2v) is 3.30. The zero-order chi connectivity index (χ0) is 9.94. The molecule has 0 aromatic heterocycles. The molecule has 0 rings (SSSR count). The number of rotatable bonds is 9. The summed E-state index contributed by atoms with van der Waals surface area (Å²) >= 11 is 0. The molecule has 0 aliphatic rings. The molecule has 0 bridgehead atoms. The average molecular weight is 190 g/mol. The maximum absolute atomic E-state index is 8.42. The molecule has 0 aromatic rings. The van der Waals surface area contributed by atoms with Crippen LogP contribution in [-0.2, 0) is 9.47 Å². The first kappa shape index (κ1) is 12.9. The van der Waals surface area contributed by atoms with Crippen LogP contribution in [0.2, 0.25) is 0 Å². The van der Waals surface area contributed by atoms with Crippen molar-refractivity contribution < 1.29 is 14.6 Å². The smallest absolute Gasteiger partial charge is 0.0701 e. The summed E-state index contributed by atoms with van der Waals surface area (Å²) in [5, 5.41) is 8.42. The first-order valence-corrected chi connectivity index (χ1v) is 5.07. The van der Waals surface area contributed by atoms with Crippen molar-refractivity contribution in [3.05, 3.63) is 0 Å². The van der Waals surface area contributed by atoms with Crippen LogP contribution >= 0.6 is 0 Å². The van der Waals surface area contributed by atoms with E-state index in [0.717, 1.165) is 6.61 Å². The molecular formula is C10H22O3. The van der Waals surface area contributed by atoms with E-state index in [-0.39, 0.29) is 6.61 Å². The molecule has 80 valence electrons. The third-order valence-electron chi connectivity index (χ3n) is 1.79. The largest absolute Gasteiger partial charge is 0.394 e. The van der Waals surface area contributed by atoms with Crippen LogP contribution in [0.25, 0.3) is 0 Å². The zero-order valence-electron chi connectivity index (χ0n) is 8.79. The maximum atomic E-state index is 8.42. The van der Waals surface area contributed by atoms with Gasteiger partial charge >= 0.3 is 0 Å². The Morgan fingerprint density at radius 3 is 2.46 bits per heavy atom. The lowest BCUT2D eigenvalue weighted by Gasteiger charge is -2.10. The fraction of sp³-hybridized carbons (Fsp3) is 1.00. The number of ether oxygens (including phenoxy) is 2. The van der Waals surface area contributed by atoms with Gasteiger partial charge < -0.3 is 14.6 Å². The highest BCUT2D eigenvalue weighted by Crippen LogP contribution is 2.04.